The van der Waals surface area contributed by atoms with Crippen molar-refractivity contribution in [3.8, 4) is 6.07 Å². The molecule has 0 saturated carbocycles. The Morgan fingerprint density at radius 2 is 2.24 bits per heavy atom. The van der Waals surface area contributed by atoms with Crippen LogP contribution < -0.4 is 5.73 Å². The Balaban J connectivity index is 2.88. The maximum Gasteiger partial charge on any atom is 0.123 e. The van der Waals surface area contributed by atoms with E-state index in [-0.39, 0.29) is 17.9 Å². The molecule has 3 nitrogen and oxygen atoms in total. The van der Waals surface area contributed by atoms with Gasteiger partial charge in [0.1, 0.15) is 5.82 Å². The summed E-state index contributed by atoms with van der Waals surface area (Å²) >= 11 is 0. The summed E-state index contributed by atoms with van der Waals surface area (Å²) in [7, 11) is 1.91. The van der Waals surface area contributed by atoms with Gasteiger partial charge in [-0.15, -0.1) is 0 Å². The van der Waals surface area contributed by atoms with E-state index in [1.807, 2.05) is 24.9 Å². The summed E-state index contributed by atoms with van der Waals surface area (Å²) < 4.78 is 13.2. The number of halogens is 1. The number of nitrogens with zero attached hydrogens (tertiary/aromatic N) is 2. The van der Waals surface area contributed by atoms with Crippen molar-refractivity contribution in [2.75, 3.05) is 13.6 Å². The van der Waals surface area contributed by atoms with Crippen LogP contribution in [-0.4, -0.2) is 24.5 Å². The molecule has 0 radical (unpaired) electrons. The van der Waals surface area contributed by atoms with Crippen LogP contribution in [0.5, 0.6) is 0 Å². The number of likely N-dealkylation sites (N-methyl/N-ethyl adjacent to an activating group) is 1. The largest absolute Gasteiger partial charge is 0.329 e. The molecule has 1 aromatic carbocycles. The van der Waals surface area contributed by atoms with Gasteiger partial charge in [0, 0.05) is 18.6 Å². The standard InChI is InChI=1S/C13H18FN3/c1-10(6-7-15)17(2)13(9-16)11-4-3-5-12(14)8-11/h3-5,8,10,13H,6,9,16H2,1-2H3. The maximum atomic E-state index is 13.2. The van der Waals surface area contributed by atoms with Crippen molar-refractivity contribution in [1.29, 1.82) is 5.26 Å². The molecule has 0 aliphatic carbocycles. The molecule has 0 aliphatic rings. The number of hydrogen-bond donors (Lipinski definition) is 1. The first-order valence-corrected chi connectivity index (χ1v) is 5.64. The minimum absolute atomic E-state index is 0.0611. The Hall–Kier alpha value is -1.44. The first-order chi connectivity index (χ1) is 8.10. The Kier molecular flexibility index (Phi) is 5.08. The van der Waals surface area contributed by atoms with Crippen LogP contribution in [0, 0.1) is 17.1 Å². The third kappa shape index (κ3) is 3.52. The van der Waals surface area contributed by atoms with Gasteiger partial charge in [0.25, 0.3) is 0 Å². The van der Waals surface area contributed by atoms with Crippen molar-refractivity contribution in [2.24, 2.45) is 5.73 Å². The number of benzene rings is 1. The average Bonchev–Trinajstić information content (AvgIpc) is 2.30. The minimum atomic E-state index is -0.262. The van der Waals surface area contributed by atoms with Crippen LogP contribution in [0.3, 0.4) is 0 Å². The van der Waals surface area contributed by atoms with Crippen LogP contribution in [0.4, 0.5) is 4.39 Å². The van der Waals surface area contributed by atoms with E-state index < -0.39 is 0 Å². The first-order valence-electron chi connectivity index (χ1n) is 5.64. The van der Waals surface area contributed by atoms with Crippen molar-refractivity contribution < 1.29 is 4.39 Å². The second kappa shape index (κ2) is 6.33. The SMILES string of the molecule is CC(CC#N)N(C)C(CN)c1cccc(F)c1. The van der Waals surface area contributed by atoms with Crippen molar-refractivity contribution in [3.05, 3.63) is 35.6 Å². The molecule has 1 rings (SSSR count). The van der Waals surface area contributed by atoms with E-state index >= 15 is 0 Å². The van der Waals surface area contributed by atoms with Crippen LogP contribution in [-0.2, 0) is 0 Å². The fourth-order valence-corrected chi connectivity index (χ4v) is 1.83. The van der Waals surface area contributed by atoms with Crippen molar-refractivity contribution >= 4 is 0 Å². The van der Waals surface area contributed by atoms with E-state index in [0.29, 0.717) is 13.0 Å². The summed E-state index contributed by atoms with van der Waals surface area (Å²) in [4.78, 5) is 2.01. The molecule has 0 bridgehead atoms. The molecule has 0 aromatic heterocycles. The number of nitriles is 1. The van der Waals surface area contributed by atoms with E-state index in [0.717, 1.165) is 5.56 Å². The Morgan fingerprint density at radius 1 is 1.53 bits per heavy atom. The van der Waals surface area contributed by atoms with E-state index in [1.54, 1.807) is 6.07 Å². The van der Waals surface area contributed by atoms with Crippen LogP contribution in [0.25, 0.3) is 0 Å². The van der Waals surface area contributed by atoms with Gasteiger partial charge in [-0.2, -0.15) is 5.26 Å². The predicted molar refractivity (Wildman–Crippen MR) is 65.7 cm³/mol. The highest BCUT2D eigenvalue weighted by atomic mass is 19.1. The Morgan fingerprint density at radius 3 is 2.76 bits per heavy atom. The van der Waals surface area contributed by atoms with Gasteiger partial charge in [-0.25, -0.2) is 4.39 Å². The molecule has 0 amide bonds. The van der Waals surface area contributed by atoms with Gasteiger partial charge < -0.3 is 5.73 Å². The smallest absolute Gasteiger partial charge is 0.123 e. The highest BCUT2D eigenvalue weighted by Crippen LogP contribution is 2.21. The lowest BCUT2D eigenvalue weighted by Crippen LogP contribution is -2.36. The molecule has 4 heteroatoms. The quantitative estimate of drug-likeness (QED) is 0.850. The molecular weight excluding hydrogens is 217 g/mol. The lowest BCUT2D eigenvalue weighted by molar-refractivity contribution is 0.191. The lowest BCUT2D eigenvalue weighted by atomic mass is 10.0. The summed E-state index contributed by atoms with van der Waals surface area (Å²) in [6.07, 6.45) is 0.433. The summed E-state index contributed by atoms with van der Waals surface area (Å²) in [6, 6.07) is 8.61. The average molecular weight is 235 g/mol. The van der Waals surface area contributed by atoms with Crippen LogP contribution in [0.2, 0.25) is 0 Å². The Labute approximate surface area is 102 Å². The van der Waals surface area contributed by atoms with E-state index in [9.17, 15) is 4.39 Å². The van der Waals surface area contributed by atoms with Gasteiger partial charge >= 0.3 is 0 Å². The molecule has 2 unspecified atom stereocenters. The van der Waals surface area contributed by atoms with E-state index in [4.69, 9.17) is 11.0 Å². The van der Waals surface area contributed by atoms with Crippen LogP contribution >= 0.6 is 0 Å². The van der Waals surface area contributed by atoms with Crippen molar-refractivity contribution in [2.45, 2.75) is 25.4 Å². The normalized spacial score (nSPS) is 14.4. The Bertz CT molecular complexity index is 400. The molecule has 2 N–H and O–H groups in total. The molecule has 0 fully saturated rings. The lowest BCUT2D eigenvalue weighted by Gasteiger charge is -2.31. The van der Waals surface area contributed by atoms with Gasteiger partial charge in [0.15, 0.2) is 0 Å². The highest BCUT2D eigenvalue weighted by molar-refractivity contribution is 5.20. The fraction of sp³-hybridized carbons (Fsp3) is 0.462. The second-order valence-corrected chi connectivity index (χ2v) is 4.18. The summed E-state index contributed by atoms with van der Waals surface area (Å²) in [5.74, 6) is -0.262. The van der Waals surface area contributed by atoms with Gasteiger partial charge in [0.2, 0.25) is 0 Å². The molecule has 92 valence electrons. The van der Waals surface area contributed by atoms with Crippen molar-refractivity contribution in [1.82, 2.24) is 4.90 Å². The monoisotopic (exact) mass is 235 g/mol. The molecule has 2 atom stereocenters. The number of hydrogen-bond acceptors (Lipinski definition) is 3. The molecule has 0 spiro atoms. The summed E-state index contributed by atoms with van der Waals surface area (Å²) in [5.41, 5.74) is 6.59. The number of rotatable bonds is 5. The first kappa shape index (κ1) is 13.6. The third-order valence-electron chi connectivity index (χ3n) is 3.03. The maximum absolute atomic E-state index is 13.2. The summed E-state index contributed by atoms with van der Waals surface area (Å²) in [5, 5.41) is 8.69. The minimum Gasteiger partial charge on any atom is -0.329 e. The molecular formula is C13H18FN3. The molecule has 1 aromatic rings. The zero-order valence-corrected chi connectivity index (χ0v) is 10.2. The van der Waals surface area contributed by atoms with Gasteiger partial charge in [-0.3, -0.25) is 4.90 Å². The molecule has 17 heavy (non-hydrogen) atoms. The third-order valence-corrected chi connectivity index (χ3v) is 3.03. The highest BCUT2D eigenvalue weighted by Gasteiger charge is 2.20. The second-order valence-electron chi connectivity index (χ2n) is 4.18. The molecule has 0 heterocycles. The van der Waals surface area contributed by atoms with Gasteiger partial charge in [-0.05, 0) is 31.7 Å². The van der Waals surface area contributed by atoms with E-state index in [1.165, 1.54) is 12.1 Å². The van der Waals surface area contributed by atoms with Crippen LogP contribution in [0.1, 0.15) is 24.9 Å². The molecule has 0 saturated heterocycles. The predicted octanol–water partition coefficient (Wildman–Crippen LogP) is 2.06. The fourth-order valence-electron chi connectivity index (χ4n) is 1.83. The zero-order chi connectivity index (χ0) is 12.8. The number of nitrogens with two attached hydrogens (primary N) is 1. The zero-order valence-electron chi connectivity index (χ0n) is 10.2. The van der Waals surface area contributed by atoms with Gasteiger partial charge in [-0.1, -0.05) is 12.1 Å². The van der Waals surface area contributed by atoms with Gasteiger partial charge in [0.05, 0.1) is 12.5 Å². The topological polar surface area (TPSA) is 53.0 Å². The summed E-state index contributed by atoms with van der Waals surface area (Å²) in [6.45, 7) is 2.36. The molecule has 0 aliphatic heterocycles. The van der Waals surface area contributed by atoms with Crippen LogP contribution in [0.15, 0.2) is 24.3 Å². The van der Waals surface area contributed by atoms with Crippen molar-refractivity contribution in [3.63, 3.8) is 0 Å². The van der Waals surface area contributed by atoms with E-state index in [2.05, 4.69) is 6.07 Å².